The standard InChI is InChI=1S/C17H28N2S/c1-2-18-17-8-4-3-6-14(17)12-19(15-9-10-15)13-16-7-5-11-20-16/h5,7,11,14-15,17-18H,2-4,6,8-10,12-13H2,1H3. The quantitative estimate of drug-likeness (QED) is 0.820. The summed E-state index contributed by atoms with van der Waals surface area (Å²) in [4.78, 5) is 4.30. The van der Waals surface area contributed by atoms with Gasteiger partial charge in [-0.3, -0.25) is 4.90 Å². The van der Waals surface area contributed by atoms with Gasteiger partial charge < -0.3 is 5.32 Å². The third-order valence-corrected chi connectivity index (χ3v) is 5.71. The fourth-order valence-corrected chi connectivity index (χ4v) is 4.37. The van der Waals surface area contributed by atoms with Gasteiger partial charge in [0.1, 0.15) is 0 Å². The van der Waals surface area contributed by atoms with Gasteiger partial charge in [0, 0.05) is 30.1 Å². The summed E-state index contributed by atoms with van der Waals surface area (Å²) in [6.07, 6.45) is 8.50. The Hall–Kier alpha value is -0.380. The van der Waals surface area contributed by atoms with Crippen molar-refractivity contribution in [1.82, 2.24) is 10.2 Å². The van der Waals surface area contributed by atoms with Gasteiger partial charge in [0.2, 0.25) is 0 Å². The van der Waals surface area contributed by atoms with Crippen molar-refractivity contribution >= 4 is 11.3 Å². The second-order valence-corrected chi connectivity index (χ2v) is 7.48. The summed E-state index contributed by atoms with van der Waals surface area (Å²) >= 11 is 1.91. The Balaban J connectivity index is 1.59. The third-order valence-electron chi connectivity index (χ3n) is 4.85. The Morgan fingerprint density at radius 1 is 1.25 bits per heavy atom. The average molecular weight is 292 g/mol. The van der Waals surface area contributed by atoms with Crippen LogP contribution in [-0.2, 0) is 6.54 Å². The molecule has 2 unspecified atom stereocenters. The second kappa shape index (κ2) is 7.06. The summed E-state index contributed by atoms with van der Waals surface area (Å²) in [7, 11) is 0. The van der Waals surface area contributed by atoms with E-state index in [2.05, 4.69) is 34.7 Å². The molecule has 20 heavy (non-hydrogen) atoms. The van der Waals surface area contributed by atoms with E-state index in [0.717, 1.165) is 24.5 Å². The highest BCUT2D eigenvalue weighted by Gasteiger charge is 2.33. The van der Waals surface area contributed by atoms with Crippen LogP contribution in [0, 0.1) is 5.92 Å². The van der Waals surface area contributed by atoms with Crippen LogP contribution in [0.3, 0.4) is 0 Å². The molecule has 112 valence electrons. The maximum absolute atomic E-state index is 3.73. The zero-order chi connectivity index (χ0) is 13.8. The van der Waals surface area contributed by atoms with E-state index in [1.807, 2.05) is 11.3 Å². The topological polar surface area (TPSA) is 15.3 Å². The summed E-state index contributed by atoms with van der Waals surface area (Å²) in [6.45, 7) is 5.85. The monoisotopic (exact) mass is 292 g/mol. The average Bonchev–Trinajstić information content (AvgIpc) is 3.19. The van der Waals surface area contributed by atoms with Crippen LogP contribution in [0.5, 0.6) is 0 Å². The van der Waals surface area contributed by atoms with Gasteiger partial charge in [0.05, 0.1) is 0 Å². The molecule has 2 nitrogen and oxygen atoms in total. The summed E-state index contributed by atoms with van der Waals surface area (Å²) < 4.78 is 0. The molecule has 3 rings (SSSR count). The fourth-order valence-electron chi connectivity index (χ4n) is 3.64. The van der Waals surface area contributed by atoms with Crippen LogP contribution < -0.4 is 5.32 Å². The first-order chi connectivity index (χ1) is 9.86. The molecule has 2 fully saturated rings. The molecule has 3 heteroatoms. The molecule has 2 saturated carbocycles. The lowest BCUT2D eigenvalue weighted by molar-refractivity contribution is 0.158. The van der Waals surface area contributed by atoms with Crippen molar-refractivity contribution < 1.29 is 0 Å². The number of hydrogen-bond donors (Lipinski definition) is 1. The minimum Gasteiger partial charge on any atom is -0.314 e. The van der Waals surface area contributed by atoms with E-state index in [-0.39, 0.29) is 0 Å². The number of rotatable bonds is 7. The Morgan fingerprint density at radius 2 is 2.10 bits per heavy atom. The Morgan fingerprint density at radius 3 is 2.80 bits per heavy atom. The third kappa shape index (κ3) is 3.84. The van der Waals surface area contributed by atoms with Crippen molar-refractivity contribution in [2.75, 3.05) is 13.1 Å². The van der Waals surface area contributed by atoms with Crippen molar-refractivity contribution in [3.8, 4) is 0 Å². The molecular formula is C17H28N2S. The molecule has 0 radical (unpaired) electrons. The van der Waals surface area contributed by atoms with Gasteiger partial charge in [-0.25, -0.2) is 0 Å². The van der Waals surface area contributed by atoms with E-state index in [9.17, 15) is 0 Å². The molecule has 1 aromatic heterocycles. The van der Waals surface area contributed by atoms with Crippen LogP contribution >= 0.6 is 11.3 Å². The van der Waals surface area contributed by atoms with Crippen LogP contribution in [0.25, 0.3) is 0 Å². The lowest BCUT2D eigenvalue weighted by atomic mass is 9.84. The van der Waals surface area contributed by atoms with E-state index in [1.165, 1.54) is 56.5 Å². The molecule has 0 amide bonds. The predicted molar refractivity (Wildman–Crippen MR) is 87.2 cm³/mol. The molecule has 2 atom stereocenters. The van der Waals surface area contributed by atoms with Crippen LogP contribution in [0.1, 0.15) is 50.3 Å². The molecule has 2 aliphatic rings. The smallest absolute Gasteiger partial charge is 0.0330 e. The summed E-state index contributed by atoms with van der Waals surface area (Å²) in [5.41, 5.74) is 0. The number of nitrogens with zero attached hydrogens (tertiary/aromatic N) is 1. The lowest BCUT2D eigenvalue weighted by Crippen LogP contribution is -2.44. The molecule has 0 spiro atoms. The molecule has 1 N–H and O–H groups in total. The first-order valence-electron chi connectivity index (χ1n) is 8.36. The van der Waals surface area contributed by atoms with E-state index in [4.69, 9.17) is 0 Å². The van der Waals surface area contributed by atoms with Crippen molar-refractivity contribution in [2.24, 2.45) is 5.92 Å². The van der Waals surface area contributed by atoms with Gasteiger partial charge >= 0.3 is 0 Å². The molecule has 0 aliphatic heterocycles. The Kier molecular flexibility index (Phi) is 5.14. The summed E-state index contributed by atoms with van der Waals surface area (Å²) in [5.74, 6) is 0.865. The SMILES string of the molecule is CCNC1CCCCC1CN(Cc1cccs1)C1CC1. The maximum Gasteiger partial charge on any atom is 0.0330 e. The summed E-state index contributed by atoms with van der Waals surface area (Å²) in [6, 6.07) is 6.12. The largest absolute Gasteiger partial charge is 0.314 e. The van der Waals surface area contributed by atoms with Crippen LogP contribution in [0.4, 0.5) is 0 Å². The van der Waals surface area contributed by atoms with E-state index in [1.54, 1.807) is 0 Å². The highest BCUT2D eigenvalue weighted by molar-refractivity contribution is 7.09. The van der Waals surface area contributed by atoms with Crippen molar-refractivity contribution in [1.29, 1.82) is 0 Å². The van der Waals surface area contributed by atoms with Crippen molar-refractivity contribution in [3.63, 3.8) is 0 Å². The number of nitrogens with one attached hydrogen (secondary N) is 1. The fraction of sp³-hybridized carbons (Fsp3) is 0.765. The van der Waals surface area contributed by atoms with Gasteiger partial charge in [-0.2, -0.15) is 0 Å². The minimum atomic E-state index is 0.762. The van der Waals surface area contributed by atoms with Crippen molar-refractivity contribution in [3.05, 3.63) is 22.4 Å². The van der Waals surface area contributed by atoms with Crippen LogP contribution in [-0.4, -0.2) is 30.1 Å². The lowest BCUT2D eigenvalue weighted by Gasteiger charge is -2.36. The van der Waals surface area contributed by atoms with Gasteiger partial charge in [0.25, 0.3) is 0 Å². The summed E-state index contributed by atoms with van der Waals surface area (Å²) in [5, 5.41) is 5.94. The van der Waals surface area contributed by atoms with Gasteiger partial charge in [0.15, 0.2) is 0 Å². The highest BCUT2D eigenvalue weighted by Crippen LogP contribution is 2.33. The Bertz CT molecular complexity index is 384. The molecular weight excluding hydrogens is 264 g/mol. The number of hydrogen-bond acceptors (Lipinski definition) is 3. The molecule has 0 bridgehead atoms. The normalized spacial score (nSPS) is 27.1. The first-order valence-corrected chi connectivity index (χ1v) is 9.24. The molecule has 1 aromatic rings. The minimum absolute atomic E-state index is 0.762. The molecule has 0 saturated heterocycles. The number of thiophene rings is 1. The van der Waals surface area contributed by atoms with Crippen LogP contribution in [0.2, 0.25) is 0 Å². The first kappa shape index (κ1) is 14.6. The van der Waals surface area contributed by atoms with E-state index < -0.39 is 0 Å². The van der Waals surface area contributed by atoms with Gasteiger partial charge in [-0.1, -0.05) is 25.8 Å². The van der Waals surface area contributed by atoms with E-state index in [0.29, 0.717) is 0 Å². The van der Waals surface area contributed by atoms with E-state index >= 15 is 0 Å². The molecule has 0 aromatic carbocycles. The zero-order valence-corrected chi connectivity index (χ0v) is 13.5. The maximum atomic E-state index is 3.73. The zero-order valence-electron chi connectivity index (χ0n) is 12.7. The van der Waals surface area contributed by atoms with Crippen molar-refractivity contribution in [2.45, 2.75) is 64.1 Å². The van der Waals surface area contributed by atoms with Gasteiger partial charge in [-0.15, -0.1) is 11.3 Å². The van der Waals surface area contributed by atoms with Crippen LogP contribution in [0.15, 0.2) is 17.5 Å². The predicted octanol–water partition coefficient (Wildman–Crippen LogP) is 3.88. The highest BCUT2D eigenvalue weighted by atomic mass is 32.1. The Labute approximate surface area is 127 Å². The molecule has 2 aliphatic carbocycles. The second-order valence-electron chi connectivity index (χ2n) is 6.45. The molecule has 1 heterocycles. The van der Waals surface area contributed by atoms with Gasteiger partial charge in [-0.05, 0) is 49.6 Å².